The van der Waals surface area contributed by atoms with E-state index in [2.05, 4.69) is 5.32 Å². The molecule has 1 amide bonds. The van der Waals surface area contributed by atoms with Crippen LogP contribution in [-0.2, 0) is 4.79 Å². The first-order valence-corrected chi connectivity index (χ1v) is 5.95. The Labute approximate surface area is 111 Å². The van der Waals surface area contributed by atoms with Crippen LogP contribution in [0.25, 0.3) is 0 Å². The molecular weight excluding hydrogens is 248 g/mol. The van der Waals surface area contributed by atoms with Crippen molar-refractivity contribution in [1.29, 1.82) is 0 Å². The zero-order chi connectivity index (χ0) is 14.3. The molecule has 0 aliphatic carbocycles. The van der Waals surface area contributed by atoms with Crippen molar-refractivity contribution < 1.29 is 19.4 Å². The Hall–Kier alpha value is -2.08. The van der Waals surface area contributed by atoms with Crippen LogP contribution < -0.4 is 15.8 Å². The van der Waals surface area contributed by atoms with Crippen molar-refractivity contribution in [2.45, 2.75) is 25.4 Å². The SMILES string of the molecule is COc1cccc(C(=O)NC(N)CCCC(=O)O)c1. The molecule has 0 aliphatic heterocycles. The molecule has 0 saturated heterocycles. The van der Waals surface area contributed by atoms with Crippen LogP contribution in [0.15, 0.2) is 24.3 Å². The van der Waals surface area contributed by atoms with Crippen molar-refractivity contribution in [3.05, 3.63) is 29.8 Å². The Morgan fingerprint density at radius 2 is 2.21 bits per heavy atom. The molecule has 1 aromatic rings. The summed E-state index contributed by atoms with van der Waals surface area (Å²) in [5, 5.41) is 11.1. The molecule has 1 atom stereocenters. The largest absolute Gasteiger partial charge is 0.497 e. The molecule has 0 heterocycles. The number of aliphatic carboxylic acids is 1. The molecule has 0 radical (unpaired) electrons. The zero-order valence-corrected chi connectivity index (χ0v) is 10.8. The van der Waals surface area contributed by atoms with Gasteiger partial charge in [-0.1, -0.05) is 6.07 Å². The normalized spacial score (nSPS) is 11.7. The molecule has 1 aromatic carbocycles. The molecular formula is C13H18N2O4. The third kappa shape index (κ3) is 5.39. The van der Waals surface area contributed by atoms with Gasteiger partial charge in [-0.25, -0.2) is 0 Å². The van der Waals surface area contributed by atoms with E-state index < -0.39 is 12.1 Å². The molecule has 104 valence electrons. The lowest BCUT2D eigenvalue weighted by atomic mass is 10.1. The Balaban J connectivity index is 2.47. The van der Waals surface area contributed by atoms with Crippen LogP contribution in [-0.4, -0.2) is 30.3 Å². The molecule has 6 heteroatoms. The van der Waals surface area contributed by atoms with Gasteiger partial charge in [0, 0.05) is 12.0 Å². The van der Waals surface area contributed by atoms with Gasteiger partial charge in [-0.15, -0.1) is 0 Å². The summed E-state index contributed by atoms with van der Waals surface area (Å²) in [6.45, 7) is 0. The lowest BCUT2D eigenvalue weighted by Crippen LogP contribution is -2.41. The molecule has 1 rings (SSSR count). The number of carbonyl (C=O) groups excluding carboxylic acids is 1. The summed E-state index contributed by atoms with van der Waals surface area (Å²) in [6.07, 6.45) is 0.331. The second-order valence-electron chi connectivity index (χ2n) is 4.10. The van der Waals surface area contributed by atoms with Crippen LogP contribution in [0.1, 0.15) is 29.6 Å². The minimum atomic E-state index is -0.869. The summed E-state index contributed by atoms with van der Waals surface area (Å²) >= 11 is 0. The summed E-state index contributed by atoms with van der Waals surface area (Å²) < 4.78 is 5.02. The predicted molar refractivity (Wildman–Crippen MR) is 69.9 cm³/mol. The smallest absolute Gasteiger partial charge is 0.303 e. The van der Waals surface area contributed by atoms with Crippen molar-refractivity contribution in [2.24, 2.45) is 5.73 Å². The standard InChI is InChI=1S/C13H18N2O4/c1-19-10-5-2-4-9(8-10)13(18)15-11(14)6-3-7-12(16)17/h2,4-5,8,11H,3,6-7,14H2,1H3,(H,15,18)(H,16,17). The van der Waals surface area contributed by atoms with Crippen molar-refractivity contribution in [3.63, 3.8) is 0 Å². The summed E-state index contributed by atoms with van der Waals surface area (Å²) in [6, 6.07) is 6.72. The molecule has 0 fully saturated rings. The van der Waals surface area contributed by atoms with E-state index >= 15 is 0 Å². The fourth-order valence-electron chi connectivity index (χ4n) is 1.56. The van der Waals surface area contributed by atoms with E-state index in [-0.39, 0.29) is 12.3 Å². The number of ether oxygens (including phenoxy) is 1. The van der Waals surface area contributed by atoms with E-state index in [9.17, 15) is 9.59 Å². The van der Waals surface area contributed by atoms with Gasteiger partial charge in [0.25, 0.3) is 5.91 Å². The van der Waals surface area contributed by atoms with Crippen molar-refractivity contribution in [3.8, 4) is 5.75 Å². The van der Waals surface area contributed by atoms with E-state index in [0.29, 0.717) is 24.2 Å². The molecule has 19 heavy (non-hydrogen) atoms. The van der Waals surface area contributed by atoms with Gasteiger partial charge in [-0.05, 0) is 31.0 Å². The molecule has 6 nitrogen and oxygen atoms in total. The van der Waals surface area contributed by atoms with Crippen molar-refractivity contribution in [2.75, 3.05) is 7.11 Å². The van der Waals surface area contributed by atoms with Gasteiger partial charge < -0.3 is 20.9 Å². The van der Waals surface area contributed by atoms with E-state index in [0.717, 1.165) is 0 Å². The number of carbonyl (C=O) groups is 2. The third-order valence-electron chi connectivity index (χ3n) is 2.55. The number of hydrogen-bond acceptors (Lipinski definition) is 4. The third-order valence-corrected chi connectivity index (χ3v) is 2.55. The first-order valence-electron chi connectivity index (χ1n) is 5.95. The predicted octanol–water partition coefficient (Wildman–Crippen LogP) is 0.965. The number of nitrogens with two attached hydrogens (primary N) is 1. The Morgan fingerprint density at radius 3 is 2.84 bits per heavy atom. The first-order chi connectivity index (χ1) is 9.02. The summed E-state index contributed by atoms with van der Waals surface area (Å²) in [4.78, 5) is 22.2. The number of methoxy groups -OCH3 is 1. The second-order valence-corrected chi connectivity index (χ2v) is 4.10. The topological polar surface area (TPSA) is 102 Å². The molecule has 1 unspecified atom stereocenters. The number of nitrogens with one attached hydrogen (secondary N) is 1. The monoisotopic (exact) mass is 266 g/mol. The molecule has 0 spiro atoms. The molecule has 0 aliphatic rings. The summed E-state index contributed by atoms with van der Waals surface area (Å²) in [5.74, 6) is -0.583. The average Bonchev–Trinajstić information content (AvgIpc) is 2.38. The Morgan fingerprint density at radius 1 is 1.47 bits per heavy atom. The van der Waals surface area contributed by atoms with Crippen LogP contribution >= 0.6 is 0 Å². The van der Waals surface area contributed by atoms with Gasteiger partial charge in [0.15, 0.2) is 0 Å². The Kier molecular flexibility index (Phi) is 5.81. The van der Waals surface area contributed by atoms with Gasteiger partial charge in [0.05, 0.1) is 13.3 Å². The summed E-state index contributed by atoms with van der Waals surface area (Å²) in [5.41, 5.74) is 6.16. The van der Waals surface area contributed by atoms with Crippen LogP contribution in [0.3, 0.4) is 0 Å². The molecule has 0 bridgehead atoms. The number of carboxylic acids is 1. The fourth-order valence-corrected chi connectivity index (χ4v) is 1.56. The summed E-state index contributed by atoms with van der Waals surface area (Å²) in [7, 11) is 1.52. The zero-order valence-electron chi connectivity index (χ0n) is 10.8. The van der Waals surface area contributed by atoms with Gasteiger partial charge in [-0.2, -0.15) is 0 Å². The minimum absolute atomic E-state index is 0.0444. The van der Waals surface area contributed by atoms with Gasteiger partial charge in [-0.3, -0.25) is 9.59 Å². The number of benzene rings is 1. The van der Waals surface area contributed by atoms with Crippen LogP contribution in [0, 0.1) is 0 Å². The second kappa shape index (κ2) is 7.38. The Bertz CT molecular complexity index is 448. The quantitative estimate of drug-likeness (QED) is 0.638. The highest BCUT2D eigenvalue weighted by atomic mass is 16.5. The maximum Gasteiger partial charge on any atom is 0.303 e. The molecule has 0 saturated carbocycles. The lowest BCUT2D eigenvalue weighted by molar-refractivity contribution is -0.137. The van der Waals surface area contributed by atoms with Gasteiger partial charge in [0.2, 0.25) is 0 Å². The number of hydrogen-bond donors (Lipinski definition) is 3. The number of amides is 1. The van der Waals surface area contributed by atoms with E-state index in [4.69, 9.17) is 15.6 Å². The van der Waals surface area contributed by atoms with Crippen LogP contribution in [0.4, 0.5) is 0 Å². The first kappa shape index (κ1) is 15.0. The van der Waals surface area contributed by atoms with E-state index in [1.807, 2.05) is 0 Å². The highest BCUT2D eigenvalue weighted by molar-refractivity contribution is 5.94. The van der Waals surface area contributed by atoms with Crippen LogP contribution in [0.5, 0.6) is 5.75 Å². The van der Waals surface area contributed by atoms with Gasteiger partial charge >= 0.3 is 5.97 Å². The fraction of sp³-hybridized carbons (Fsp3) is 0.385. The van der Waals surface area contributed by atoms with E-state index in [1.165, 1.54) is 7.11 Å². The van der Waals surface area contributed by atoms with E-state index in [1.54, 1.807) is 24.3 Å². The maximum absolute atomic E-state index is 11.9. The van der Waals surface area contributed by atoms with Crippen molar-refractivity contribution in [1.82, 2.24) is 5.32 Å². The van der Waals surface area contributed by atoms with Crippen molar-refractivity contribution >= 4 is 11.9 Å². The number of rotatable bonds is 7. The average molecular weight is 266 g/mol. The highest BCUT2D eigenvalue weighted by Gasteiger charge is 2.11. The lowest BCUT2D eigenvalue weighted by Gasteiger charge is -2.13. The maximum atomic E-state index is 11.9. The molecule has 0 aromatic heterocycles. The van der Waals surface area contributed by atoms with Crippen LogP contribution in [0.2, 0.25) is 0 Å². The highest BCUT2D eigenvalue weighted by Crippen LogP contribution is 2.12. The minimum Gasteiger partial charge on any atom is -0.497 e. The van der Waals surface area contributed by atoms with Gasteiger partial charge in [0.1, 0.15) is 5.75 Å². The molecule has 4 N–H and O–H groups in total. The number of carboxylic acid groups (broad SMARTS) is 1.